The van der Waals surface area contributed by atoms with E-state index in [9.17, 15) is 9.59 Å². The van der Waals surface area contributed by atoms with Crippen LogP contribution in [0.5, 0.6) is 0 Å². The number of piperidine rings is 2. The number of hydrogen-bond acceptors (Lipinski definition) is 5. The highest BCUT2D eigenvalue weighted by molar-refractivity contribution is 6.42. The second kappa shape index (κ2) is 13.4. The first-order chi connectivity index (χ1) is 19.8. The lowest BCUT2D eigenvalue weighted by Crippen LogP contribution is -2.59. The molecule has 222 valence electrons. The quantitative estimate of drug-likeness (QED) is 0.451. The van der Waals surface area contributed by atoms with Crippen molar-refractivity contribution in [3.63, 3.8) is 0 Å². The number of nitrogens with zero attached hydrogens (tertiary/aromatic N) is 3. The number of carbonyl (C=O) groups excluding carboxylic acids is 2. The first-order valence-corrected chi connectivity index (χ1v) is 15.7. The van der Waals surface area contributed by atoms with Crippen LogP contribution < -0.4 is 5.32 Å². The van der Waals surface area contributed by atoms with Crippen LogP contribution in [0.4, 0.5) is 0 Å². The van der Waals surface area contributed by atoms with Crippen LogP contribution in [0.3, 0.4) is 0 Å². The standard InChI is InChI=1S/C32H42Cl2N4O3/c1-35-29(39)23-31(38-15-6-3-7-16-38)12-17-36(18-13-31)19-14-32(26-10-11-27(33)28(34)22-26)24-37(20-21-41-32)30(40)25-8-4-2-5-9-25/h2,4-5,8-11,22H,3,6-7,12-21,23-24H2,1H3,(H,35,39). The van der Waals surface area contributed by atoms with Crippen molar-refractivity contribution in [1.82, 2.24) is 20.0 Å². The Hall–Kier alpha value is -2.16. The molecule has 2 aromatic rings. The van der Waals surface area contributed by atoms with Crippen LogP contribution in [0, 0.1) is 0 Å². The van der Waals surface area contributed by atoms with E-state index in [4.69, 9.17) is 27.9 Å². The van der Waals surface area contributed by atoms with Gasteiger partial charge >= 0.3 is 0 Å². The van der Waals surface area contributed by atoms with Gasteiger partial charge in [-0.15, -0.1) is 0 Å². The van der Waals surface area contributed by atoms with E-state index in [-0.39, 0.29) is 17.4 Å². The molecule has 0 spiro atoms. The smallest absolute Gasteiger partial charge is 0.254 e. The van der Waals surface area contributed by atoms with Crippen molar-refractivity contribution in [3.05, 3.63) is 69.7 Å². The first-order valence-electron chi connectivity index (χ1n) is 15.0. The molecule has 9 heteroatoms. The molecule has 3 aliphatic heterocycles. The van der Waals surface area contributed by atoms with Crippen LogP contribution in [0.25, 0.3) is 0 Å². The Balaban J connectivity index is 1.32. The molecule has 2 amide bonds. The van der Waals surface area contributed by atoms with Gasteiger partial charge in [0.05, 0.1) is 23.2 Å². The summed E-state index contributed by atoms with van der Waals surface area (Å²) in [5, 5.41) is 3.85. The fourth-order valence-electron chi connectivity index (χ4n) is 6.86. The van der Waals surface area contributed by atoms with Crippen molar-refractivity contribution < 1.29 is 14.3 Å². The SMILES string of the molecule is CNC(=O)CC1(N2CCCCC2)CCN(CCC2(c3ccc(Cl)c(Cl)c3)CN(C(=O)c3ccccc3)CCO2)CC1. The highest BCUT2D eigenvalue weighted by Gasteiger charge is 2.44. The fourth-order valence-corrected chi connectivity index (χ4v) is 7.16. The second-order valence-corrected chi connectivity index (χ2v) is 12.6. The molecule has 3 aliphatic rings. The Morgan fingerprint density at radius 3 is 2.34 bits per heavy atom. The van der Waals surface area contributed by atoms with Crippen LogP contribution in [0.1, 0.15) is 60.9 Å². The minimum absolute atomic E-state index is 0.0109. The maximum absolute atomic E-state index is 13.5. The number of amides is 2. The van der Waals surface area contributed by atoms with E-state index < -0.39 is 5.60 Å². The molecule has 41 heavy (non-hydrogen) atoms. The van der Waals surface area contributed by atoms with E-state index in [0.717, 1.165) is 57.5 Å². The molecular formula is C32H42Cl2N4O3. The highest BCUT2D eigenvalue weighted by atomic mass is 35.5. The van der Waals surface area contributed by atoms with Gasteiger partial charge in [-0.3, -0.25) is 14.5 Å². The van der Waals surface area contributed by atoms with Crippen LogP contribution in [-0.2, 0) is 15.1 Å². The van der Waals surface area contributed by atoms with Crippen LogP contribution in [-0.4, -0.2) is 91.5 Å². The van der Waals surface area contributed by atoms with Gasteiger partial charge in [0, 0.05) is 37.7 Å². The lowest BCUT2D eigenvalue weighted by molar-refractivity contribution is -0.126. The monoisotopic (exact) mass is 600 g/mol. The molecule has 3 heterocycles. The zero-order valence-corrected chi connectivity index (χ0v) is 25.6. The van der Waals surface area contributed by atoms with Gasteiger partial charge in [0.25, 0.3) is 5.91 Å². The van der Waals surface area contributed by atoms with Gasteiger partial charge in [-0.2, -0.15) is 0 Å². The number of morpholine rings is 1. The van der Waals surface area contributed by atoms with Crippen LogP contribution >= 0.6 is 23.2 Å². The molecular weight excluding hydrogens is 559 g/mol. The number of benzene rings is 2. The van der Waals surface area contributed by atoms with Gasteiger partial charge < -0.3 is 19.9 Å². The average molecular weight is 602 g/mol. The summed E-state index contributed by atoms with van der Waals surface area (Å²) in [4.78, 5) is 33.0. The zero-order valence-electron chi connectivity index (χ0n) is 24.0. The molecule has 1 unspecified atom stereocenters. The Labute approximate surface area is 254 Å². The van der Waals surface area contributed by atoms with E-state index >= 15 is 0 Å². The van der Waals surface area contributed by atoms with Gasteiger partial charge in [0.1, 0.15) is 5.60 Å². The lowest BCUT2D eigenvalue weighted by atomic mass is 9.80. The van der Waals surface area contributed by atoms with Gasteiger partial charge in [0.15, 0.2) is 0 Å². The third-order valence-corrected chi connectivity index (χ3v) is 10.1. The summed E-state index contributed by atoms with van der Waals surface area (Å²) in [6.07, 6.45) is 6.92. The molecule has 1 atom stereocenters. The van der Waals surface area contributed by atoms with Crippen molar-refractivity contribution >= 4 is 35.0 Å². The Morgan fingerprint density at radius 1 is 0.927 bits per heavy atom. The molecule has 5 rings (SSSR count). The van der Waals surface area contributed by atoms with E-state index in [1.54, 1.807) is 7.05 Å². The van der Waals surface area contributed by atoms with E-state index in [2.05, 4.69) is 15.1 Å². The first kappa shape index (κ1) is 30.3. The topological polar surface area (TPSA) is 65.1 Å². The molecule has 3 saturated heterocycles. The second-order valence-electron chi connectivity index (χ2n) is 11.8. The predicted molar refractivity (Wildman–Crippen MR) is 164 cm³/mol. The van der Waals surface area contributed by atoms with Crippen molar-refractivity contribution in [2.24, 2.45) is 0 Å². The summed E-state index contributed by atoms with van der Waals surface area (Å²) in [6.45, 7) is 6.27. The van der Waals surface area contributed by atoms with Gasteiger partial charge in [-0.1, -0.05) is 53.9 Å². The predicted octanol–water partition coefficient (Wildman–Crippen LogP) is 5.21. The summed E-state index contributed by atoms with van der Waals surface area (Å²) in [5.74, 6) is 0.137. The van der Waals surface area contributed by atoms with Crippen LogP contribution in [0.2, 0.25) is 10.0 Å². The van der Waals surface area contributed by atoms with Crippen molar-refractivity contribution in [1.29, 1.82) is 0 Å². The average Bonchev–Trinajstić information content (AvgIpc) is 3.02. The fraction of sp³-hybridized carbons (Fsp3) is 0.562. The van der Waals surface area contributed by atoms with Crippen LogP contribution in [0.15, 0.2) is 48.5 Å². The van der Waals surface area contributed by atoms with Crippen molar-refractivity contribution in [3.8, 4) is 0 Å². The zero-order chi connectivity index (χ0) is 28.9. The molecule has 3 fully saturated rings. The number of halogens is 2. The summed E-state index contributed by atoms with van der Waals surface area (Å²) < 4.78 is 6.57. The molecule has 0 saturated carbocycles. The molecule has 2 aromatic carbocycles. The van der Waals surface area contributed by atoms with Crippen molar-refractivity contribution in [2.75, 3.05) is 59.5 Å². The lowest BCUT2D eigenvalue weighted by Gasteiger charge is -2.50. The number of ether oxygens (including phenoxy) is 1. The highest BCUT2D eigenvalue weighted by Crippen LogP contribution is 2.39. The van der Waals surface area contributed by atoms with Gasteiger partial charge in [-0.25, -0.2) is 0 Å². The Bertz CT molecular complexity index is 1200. The maximum atomic E-state index is 13.5. The Morgan fingerprint density at radius 2 is 1.66 bits per heavy atom. The van der Waals surface area contributed by atoms with Gasteiger partial charge in [-0.05, 0) is 88.1 Å². The van der Waals surface area contributed by atoms with E-state index in [0.29, 0.717) is 41.7 Å². The normalized spacial score (nSPS) is 23.7. The summed E-state index contributed by atoms with van der Waals surface area (Å²) in [5.41, 5.74) is 0.856. The molecule has 1 N–H and O–H groups in total. The minimum atomic E-state index is -0.694. The maximum Gasteiger partial charge on any atom is 0.254 e. The molecule has 0 bridgehead atoms. The summed E-state index contributed by atoms with van der Waals surface area (Å²) >= 11 is 12.8. The third-order valence-electron chi connectivity index (χ3n) is 9.35. The number of likely N-dealkylation sites (tertiary alicyclic amines) is 2. The van der Waals surface area contributed by atoms with Gasteiger partial charge in [0.2, 0.25) is 5.91 Å². The molecule has 0 radical (unpaired) electrons. The molecule has 7 nitrogen and oxygen atoms in total. The minimum Gasteiger partial charge on any atom is -0.367 e. The van der Waals surface area contributed by atoms with Crippen molar-refractivity contribution in [2.45, 2.75) is 56.1 Å². The number of carbonyl (C=O) groups is 2. The van der Waals surface area contributed by atoms with E-state index in [1.807, 2.05) is 53.4 Å². The summed E-state index contributed by atoms with van der Waals surface area (Å²) in [7, 11) is 1.74. The van der Waals surface area contributed by atoms with E-state index in [1.165, 1.54) is 19.3 Å². The molecule has 0 aromatic heterocycles. The third kappa shape index (κ3) is 6.91. The molecule has 0 aliphatic carbocycles. The Kier molecular flexibility index (Phi) is 9.93. The largest absolute Gasteiger partial charge is 0.367 e. The summed E-state index contributed by atoms with van der Waals surface area (Å²) in [6, 6.07) is 15.1. The number of rotatable bonds is 8. The number of hydrogen-bond donors (Lipinski definition) is 1. The number of nitrogens with one attached hydrogen (secondary N) is 1.